The molecule has 5 rings (SSSR count). The first-order valence-electron chi connectivity index (χ1n) is 9.30. The van der Waals surface area contributed by atoms with E-state index < -0.39 is 6.23 Å². The van der Waals surface area contributed by atoms with Gasteiger partial charge in [0, 0.05) is 21.8 Å². The quantitative estimate of drug-likeness (QED) is 0.395. The van der Waals surface area contributed by atoms with Crippen molar-refractivity contribution in [3.8, 4) is 28.5 Å². The molecule has 0 bridgehead atoms. The van der Waals surface area contributed by atoms with Gasteiger partial charge in [0.25, 0.3) is 0 Å². The number of furan rings is 1. The van der Waals surface area contributed by atoms with E-state index in [9.17, 15) is 0 Å². The summed E-state index contributed by atoms with van der Waals surface area (Å²) in [7, 11) is 0. The predicted octanol–water partition coefficient (Wildman–Crippen LogP) is 5.99. The number of aromatic nitrogens is 3. The predicted molar refractivity (Wildman–Crippen MR) is 118 cm³/mol. The molecule has 6 nitrogen and oxygen atoms in total. The van der Waals surface area contributed by atoms with E-state index in [1.807, 2.05) is 67.8 Å². The van der Waals surface area contributed by atoms with Crippen molar-refractivity contribution in [3.63, 3.8) is 0 Å². The highest BCUT2D eigenvalue weighted by Gasteiger charge is 2.28. The third-order valence-electron chi connectivity index (χ3n) is 4.93. The Bertz CT molecular complexity index is 1240. The average molecular weight is 437 g/mol. The number of rotatable bonds is 3. The van der Waals surface area contributed by atoms with Crippen LogP contribution in [-0.4, -0.2) is 21.4 Å². The van der Waals surface area contributed by atoms with Crippen molar-refractivity contribution in [2.75, 3.05) is 11.6 Å². The van der Waals surface area contributed by atoms with Gasteiger partial charge in [-0.2, -0.15) is 4.98 Å². The van der Waals surface area contributed by atoms with Crippen molar-refractivity contribution in [2.24, 2.45) is 0 Å². The summed E-state index contributed by atoms with van der Waals surface area (Å²) >= 11 is 7.69. The number of halogens is 1. The van der Waals surface area contributed by atoms with Gasteiger partial charge in [-0.25, -0.2) is 0 Å². The summed E-state index contributed by atoms with van der Waals surface area (Å²) in [5, 5.41) is 13.2. The van der Waals surface area contributed by atoms with Crippen LogP contribution in [0.5, 0.6) is 5.88 Å². The van der Waals surface area contributed by atoms with Gasteiger partial charge in [0.2, 0.25) is 17.3 Å². The molecule has 30 heavy (non-hydrogen) atoms. The number of anilines is 1. The molecule has 0 saturated carbocycles. The first-order valence-corrected chi connectivity index (χ1v) is 10.9. The van der Waals surface area contributed by atoms with Gasteiger partial charge in [0.05, 0.1) is 0 Å². The molecular weight excluding hydrogens is 420 g/mol. The van der Waals surface area contributed by atoms with Crippen molar-refractivity contribution in [3.05, 3.63) is 70.9 Å². The molecule has 0 spiro atoms. The van der Waals surface area contributed by atoms with E-state index in [1.165, 1.54) is 11.8 Å². The molecule has 1 N–H and O–H groups in total. The zero-order valence-corrected chi connectivity index (χ0v) is 17.8. The Morgan fingerprint density at radius 2 is 1.83 bits per heavy atom. The second-order valence-electron chi connectivity index (χ2n) is 6.75. The van der Waals surface area contributed by atoms with Gasteiger partial charge in [-0.1, -0.05) is 53.7 Å². The number of fused-ring (bicyclic) bond motifs is 3. The van der Waals surface area contributed by atoms with Crippen LogP contribution in [0.15, 0.2) is 64.2 Å². The molecule has 3 heterocycles. The minimum Gasteiger partial charge on any atom is -0.455 e. The Kier molecular flexibility index (Phi) is 4.84. The molecule has 1 unspecified atom stereocenters. The zero-order chi connectivity index (χ0) is 20.7. The Morgan fingerprint density at radius 1 is 1.00 bits per heavy atom. The number of hydrogen-bond acceptors (Lipinski definition) is 7. The van der Waals surface area contributed by atoms with E-state index in [0.29, 0.717) is 27.5 Å². The summed E-state index contributed by atoms with van der Waals surface area (Å²) in [6.45, 7) is 1.97. The van der Waals surface area contributed by atoms with Gasteiger partial charge in [0.1, 0.15) is 5.76 Å². The maximum absolute atomic E-state index is 6.28. The Morgan fingerprint density at radius 3 is 2.70 bits per heavy atom. The van der Waals surface area contributed by atoms with Crippen LogP contribution in [0.25, 0.3) is 22.6 Å². The van der Waals surface area contributed by atoms with Crippen LogP contribution < -0.4 is 10.1 Å². The van der Waals surface area contributed by atoms with E-state index in [2.05, 4.69) is 20.5 Å². The fourth-order valence-electron chi connectivity index (χ4n) is 3.38. The standard InChI is InChI=1S/C22H17ClN4O2S/c1-12-13(7-5-8-15(12)23)17-10-11-18(28-17)20-24-16-9-4-3-6-14(16)19-21(29-20)25-22(30-2)27-26-19/h3-11,20,24H,1-2H3. The highest BCUT2D eigenvalue weighted by molar-refractivity contribution is 7.98. The van der Waals surface area contributed by atoms with E-state index in [4.69, 9.17) is 20.8 Å². The molecule has 0 saturated heterocycles. The lowest BCUT2D eigenvalue weighted by atomic mass is 10.1. The molecule has 1 aliphatic rings. The first-order chi connectivity index (χ1) is 14.6. The SMILES string of the molecule is CSc1nnc2c(n1)OC(c1ccc(-c3cccc(Cl)c3C)o1)Nc1ccccc1-2. The summed E-state index contributed by atoms with van der Waals surface area (Å²) in [5.74, 6) is 1.75. The summed E-state index contributed by atoms with van der Waals surface area (Å²) in [5.41, 5.74) is 4.24. The highest BCUT2D eigenvalue weighted by atomic mass is 35.5. The number of nitrogens with one attached hydrogen (secondary N) is 1. The average Bonchev–Trinajstić information content (AvgIpc) is 3.19. The molecule has 0 amide bonds. The van der Waals surface area contributed by atoms with Crippen molar-refractivity contribution in [1.29, 1.82) is 0 Å². The third-order valence-corrected chi connectivity index (χ3v) is 5.88. The molecule has 2 aromatic heterocycles. The van der Waals surface area contributed by atoms with Crippen LogP contribution in [0.1, 0.15) is 17.6 Å². The minimum atomic E-state index is -0.577. The molecule has 4 aromatic rings. The largest absolute Gasteiger partial charge is 0.455 e. The molecule has 1 aliphatic heterocycles. The van der Waals surface area contributed by atoms with Crippen molar-refractivity contribution in [1.82, 2.24) is 15.2 Å². The number of ether oxygens (including phenoxy) is 1. The molecule has 0 radical (unpaired) electrons. The number of thioether (sulfide) groups is 1. The van der Waals surface area contributed by atoms with Gasteiger partial charge in [-0.3, -0.25) is 0 Å². The Hall–Kier alpha value is -3.03. The third kappa shape index (κ3) is 3.30. The molecule has 2 aromatic carbocycles. The number of nitrogens with zero attached hydrogens (tertiary/aromatic N) is 3. The van der Waals surface area contributed by atoms with E-state index in [0.717, 1.165) is 28.1 Å². The summed E-state index contributed by atoms with van der Waals surface area (Å²) < 4.78 is 12.4. The molecule has 150 valence electrons. The van der Waals surface area contributed by atoms with Crippen LogP contribution in [0.2, 0.25) is 5.02 Å². The van der Waals surface area contributed by atoms with Crippen LogP contribution in [0, 0.1) is 6.92 Å². The zero-order valence-electron chi connectivity index (χ0n) is 16.2. The Labute approximate surface area is 182 Å². The number of benzene rings is 2. The lowest BCUT2D eigenvalue weighted by Crippen LogP contribution is -2.16. The van der Waals surface area contributed by atoms with Gasteiger partial charge >= 0.3 is 0 Å². The fourth-order valence-corrected chi connectivity index (χ4v) is 3.85. The maximum atomic E-state index is 6.28. The van der Waals surface area contributed by atoms with Gasteiger partial charge in [-0.15, -0.1) is 10.2 Å². The summed E-state index contributed by atoms with van der Waals surface area (Å²) in [6.07, 6.45) is 1.32. The topological polar surface area (TPSA) is 73.1 Å². The number of para-hydroxylation sites is 1. The van der Waals surface area contributed by atoms with Crippen LogP contribution in [0.4, 0.5) is 5.69 Å². The van der Waals surface area contributed by atoms with Crippen LogP contribution in [-0.2, 0) is 0 Å². The lowest BCUT2D eigenvalue weighted by Gasteiger charge is -2.16. The minimum absolute atomic E-state index is 0.411. The monoisotopic (exact) mass is 436 g/mol. The first kappa shape index (κ1) is 19.0. The van der Waals surface area contributed by atoms with Crippen molar-refractivity contribution >= 4 is 29.1 Å². The smallest absolute Gasteiger partial charge is 0.247 e. The van der Waals surface area contributed by atoms with Gasteiger partial charge in [0.15, 0.2) is 11.5 Å². The van der Waals surface area contributed by atoms with Crippen molar-refractivity contribution in [2.45, 2.75) is 18.3 Å². The molecule has 8 heteroatoms. The lowest BCUT2D eigenvalue weighted by molar-refractivity contribution is 0.196. The van der Waals surface area contributed by atoms with E-state index in [1.54, 1.807) is 0 Å². The molecule has 0 fully saturated rings. The van der Waals surface area contributed by atoms with Gasteiger partial charge < -0.3 is 14.5 Å². The second kappa shape index (κ2) is 7.66. The van der Waals surface area contributed by atoms with Gasteiger partial charge in [-0.05, 0) is 43.0 Å². The normalized spacial score (nSPS) is 14.8. The fraction of sp³-hybridized carbons (Fsp3) is 0.136. The highest BCUT2D eigenvalue weighted by Crippen LogP contribution is 2.40. The van der Waals surface area contributed by atoms with Crippen LogP contribution >= 0.6 is 23.4 Å². The van der Waals surface area contributed by atoms with E-state index >= 15 is 0 Å². The maximum Gasteiger partial charge on any atom is 0.247 e. The van der Waals surface area contributed by atoms with E-state index in [-0.39, 0.29) is 0 Å². The molecule has 1 atom stereocenters. The number of hydrogen-bond donors (Lipinski definition) is 1. The van der Waals surface area contributed by atoms with Crippen LogP contribution in [0.3, 0.4) is 0 Å². The second-order valence-corrected chi connectivity index (χ2v) is 7.94. The molecule has 0 aliphatic carbocycles. The summed E-state index contributed by atoms with van der Waals surface area (Å²) in [4.78, 5) is 4.53. The Balaban J connectivity index is 1.57. The summed E-state index contributed by atoms with van der Waals surface area (Å²) in [6, 6.07) is 17.4. The molecular formula is C22H17ClN4O2S. The van der Waals surface area contributed by atoms with Crippen molar-refractivity contribution < 1.29 is 9.15 Å².